The third-order valence-electron chi connectivity index (χ3n) is 3.47. The summed E-state index contributed by atoms with van der Waals surface area (Å²) in [6.45, 7) is 1.73. The maximum Gasteiger partial charge on any atom is 0.293 e. The molecule has 8 heteroatoms. The highest BCUT2D eigenvalue weighted by atomic mass is 16.6. The molecule has 104 valence electrons. The zero-order valence-corrected chi connectivity index (χ0v) is 10.8. The molecule has 1 aliphatic heterocycles. The first-order valence-electron chi connectivity index (χ1n) is 6.53. The number of hydrogen-bond acceptors (Lipinski definition) is 6. The summed E-state index contributed by atoms with van der Waals surface area (Å²) < 4.78 is 0. The fraction of sp³-hybridized carbons (Fsp3) is 0.417. The van der Waals surface area contributed by atoms with Crippen LogP contribution in [-0.4, -0.2) is 38.6 Å². The second kappa shape index (κ2) is 5.24. The largest absolute Gasteiger partial charge is 0.366 e. The number of benzene rings is 1. The molecule has 0 amide bonds. The van der Waals surface area contributed by atoms with Gasteiger partial charge in [0.1, 0.15) is 5.69 Å². The van der Waals surface area contributed by atoms with Crippen LogP contribution in [0.3, 0.4) is 0 Å². The molecule has 8 nitrogen and oxygen atoms in total. The van der Waals surface area contributed by atoms with Crippen LogP contribution in [0.25, 0.3) is 11.4 Å². The van der Waals surface area contributed by atoms with Crippen molar-refractivity contribution in [1.29, 1.82) is 0 Å². The van der Waals surface area contributed by atoms with E-state index in [0.29, 0.717) is 17.1 Å². The molecule has 0 unspecified atom stereocenters. The maximum absolute atomic E-state index is 11.3. The van der Waals surface area contributed by atoms with Crippen LogP contribution in [0.4, 0.5) is 11.4 Å². The Morgan fingerprint density at radius 2 is 2.05 bits per heavy atom. The molecule has 1 fully saturated rings. The van der Waals surface area contributed by atoms with E-state index >= 15 is 0 Å². The van der Waals surface area contributed by atoms with Crippen molar-refractivity contribution in [3.63, 3.8) is 0 Å². The van der Waals surface area contributed by atoms with E-state index < -0.39 is 0 Å². The highest BCUT2D eigenvalue weighted by molar-refractivity contribution is 5.71. The average molecular weight is 274 g/mol. The topological polar surface area (TPSA) is 101 Å². The lowest BCUT2D eigenvalue weighted by atomic mass is 10.1. The molecule has 1 N–H and O–H groups in total. The Hall–Kier alpha value is -2.51. The SMILES string of the molecule is O=[N+]([O-])c1cc(-c2nn[nH]n2)ccc1N1CCCCC1. The molecule has 0 aliphatic carbocycles. The van der Waals surface area contributed by atoms with E-state index in [4.69, 9.17) is 0 Å². The summed E-state index contributed by atoms with van der Waals surface area (Å²) in [5, 5.41) is 24.8. The van der Waals surface area contributed by atoms with Crippen LogP contribution in [0.5, 0.6) is 0 Å². The summed E-state index contributed by atoms with van der Waals surface area (Å²) in [4.78, 5) is 13.0. The average Bonchev–Trinajstić information content (AvgIpc) is 3.02. The number of nitrogens with zero attached hydrogens (tertiary/aromatic N) is 5. The Balaban J connectivity index is 2.00. The number of aromatic amines is 1. The van der Waals surface area contributed by atoms with Gasteiger partial charge in [0.05, 0.1) is 4.92 Å². The van der Waals surface area contributed by atoms with Crippen LogP contribution in [0.1, 0.15) is 19.3 Å². The normalized spacial score (nSPS) is 15.3. The molecule has 0 atom stereocenters. The van der Waals surface area contributed by atoms with Gasteiger partial charge in [-0.05, 0) is 36.6 Å². The third-order valence-corrected chi connectivity index (χ3v) is 3.47. The predicted molar refractivity (Wildman–Crippen MR) is 72.3 cm³/mol. The lowest BCUT2D eigenvalue weighted by Gasteiger charge is -2.28. The fourth-order valence-electron chi connectivity index (χ4n) is 2.50. The van der Waals surface area contributed by atoms with E-state index in [1.54, 1.807) is 12.1 Å². The number of nitro benzene ring substituents is 1. The van der Waals surface area contributed by atoms with Crippen molar-refractivity contribution in [2.75, 3.05) is 18.0 Å². The summed E-state index contributed by atoms with van der Waals surface area (Å²) in [5.41, 5.74) is 1.35. The Morgan fingerprint density at radius 1 is 1.25 bits per heavy atom. The molecule has 2 heterocycles. The first-order valence-corrected chi connectivity index (χ1v) is 6.53. The van der Waals surface area contributed by atoms with Crippen molar-refractivity contribution < 1.29 is 4.92 Å². The quantitative estimate of drug-likeness (QED) is 0.676. The van der Waals surface area contributed by atoms with Gasteiger partial charge in [0, 0.05) is 24.7 Å². The Bertz CT molecular complexity index is 606. The molecular formula is C12H14N6O2. The fourth-order valence-corrected chi connectivity index (χ4v) is 2.50. The van der Waals surface area contributed by atoms with Crippen LogP contribution in [-0.2, 0) is 0 Å². The zero-order valence-electron chi connectivity index (χ0n) is 10.8. The van der Waals surface area contributed by atoms with Gasteiger partial charge in [-0.3, -0.25) is 10.1 Å². The summed E-state index contributed by atoms with van der Waals surface area (Å²) in [7, 11) is 0. The Kier molecular flexibility index (Phi) is 3.28. The van der Waals surface area contributed by atoms with Gasteiger partial charge in [-0.2, -0.15) is 5.21 Å². The van der Waals surface area contributed by atoms with E-state index in [-0.39, 0.29) is 10.6 Å². The van der Waals surface area contributed by atoms with E-state index in [2.05, 4.69) is 25.5 Å². The van der Waals surface area contributed by atoms with Crippen molar-refractivity contribution in [1.82, 2.24) is 20.6 Å². The predicted octanol–water partition coefficient (Wildman–Crippen LogP) is 1.77. The van der Waals surface area contributed by atoms with Crippen molar-refractivity contribution in [3.8, 4) is 11.4 Å². The highest BCUT2D eigenvalue weighted by Gasteiger charge is 2.22. The molecule has 1 aromatic carbocycles. The minimum Gasteiger partial charge on any atom is -0.366 e. The van der Waals surface area contributed by atoms with E-state index in [9.17, 15) is 10.1 Å². The lowest BCUT2D eigenvalue weighted by molar-refractivity contribution is -0.384. The maximum atomic E-state index is 11.3. The summed E-state index contributed by atoms with van der Waals surface area (Å²) in [6.07, 6.45) is 3.33. The van der Waals surface area contributed by atoms with Crippen LogP contribution < -0.4 is 4.90 Å². The summed E-state index contributed by atoms with van der Waals surface area (Å²) in [6, 6.07) is 5.08. The standard InChI is InChI=1S/C12H14N6O2/c19-18(20)11-8-9(12-13-15-16-14-12)4-5-10(11)17-6-2-1-3-7-17/h4-5,8H,1-3,6-7H2,(H,13,14,15,16). The van der Waals surface area contributed by atoms with Gasteiger partial charge >= 0.3 is 0 Å². The van der Waals surface area contributed by atoms with Crippen LogP contribution >= 0.6 is 0 Å². The molecule has 1 aliphatic rings. The minimum absolute atomic E-state index is 0.0919. The first-order chi connectivity index (χ1) is 9.75. The second-order valence-corrected chi connectivity index (χ2v) is 4.74. The molecule has 0 saturated carbocycles. The highest BCUT2D eigenvalue weighted by Crippen LogP contribution is 2.33. The molecule has 2 aromatic rings. The monoisotopic (exact) mass is 274 g/mol. The summed E-state index contributed by atoms with van der Waals surface area (Å²) >= 11 is 0. The molecule has 1 saturated heterocycles. The van der Waals surface area contributed by atoms with Crippen LogP contribution in [0, 0.1) is 10.1 Å². The zero-order chi connectivity index (χ0) is 13.9. The van der Waals surface area contributed by atoms with E-state index in [0.717, 1.165) is 25.9 Å². The molecule has 20 heavy (non-hydrogen) atoms. The minimum atomic E-state index is -0.354. The molecule has 0 radical (unpaired) electrons. The van der Waals surface area contributed by atoms with Gasteiger partial charge in [0.2, 0.25) is 5.82 Å². The van der Waals surface area contributed by atoms with Gasteiger partial charge < -0.3 is 4.90 Å². The number of nitro groups is 1. The third kappa shape index (κ3) is 2.31. The first kappa shape index (κ1) is 12.5. The van der Waals surface area contributed by atoms with E-state index in [1.165, 1.54) is 12.5 Å². The number of anilines is 1. The molecule has 1 aromatic heterocycles. The molecular weight excluding hydrogens is 260 g/mol. The number of tetrazole rings is 1. The number of H-pyrrole nitrogens is 1. The second-order valence-electron chi connectivity index (χ2n) is 4.74. The number of nitrogens with one attached hydrogen (secondary N) is 1. The van der Waals surface area contributed by atoms with Gasteiger partial charge in [0.15, 0.2) is 0 Å². The Labute approximate surface area is 114 Å². The number of rotatable bonds is 3. The van der Waals surface area contributed by atoms with Crippen LogP contribution in [0.15, 0.2) is 18.2 Å². The lowest BCUT2D eigenvalue weighted by Crippen LogP contribution is -2.29. The number of piperidine rings is 1. The summed E-state index contributed by atoms with van der Waals surface area (Å²) in [5.74, 6) is 0.360. The molecule has 0 bridgehead atoms. The van der Waals surface area contributed by atoms with Gasteiger partial charge in [-0.25, -0.2) is 0 Å². The van der Waals surface area contributed by atoms with Crippen molar-refractivity contribution in [3.05, 3.63) is 28.3 Å². The van der Waals surface area contributed by atoms with Gasteiger partial charge in [-0.15, -0.1) is 10.2 Å². The smallest absolute Gasteiger partial charge is 0.293 e. The van der Waals surface area contributed by atoms with E-state index in [1.807, 2.05) is 0 Å². The molecule has 3 rings (SSSR count). The van der Waals surface area contributed by atoms with Gasteiger partial charge in [-0.1, -0.05) is 0 Å². The Morgan fingerprint density at radius 3 is 2.70 bits per heavy atom. The molecule has 0 spiro atoms. The number of aromatic nitrogens is 4. The number of hydrogen-bond donors (Lipinski definition) is 1. The van der Waals surface area contributed by atoms with Crippen LogP contribution in [0.2, 0.25) is 0 Å². The van der Waals surface area contributed by atoms with Gasteiger partial charge in [0.25, 0.3) is 5.69 Å². The van der Waals surface area contributed by atoms with Crippen molar-refractivity contribution in [2.45, 2.75) is 19.3 Å². The van der Waals surface area contributed by atoms with Crippen molar-refractivity contribution in [2.24, 2.45) is 0 Å². The van der Waals surface area contributed by atoms with Crippen molar-refractivity contribution >= 4 is 11.4 Å².